The average molecular weight is 331 g/mol. The van der Waals surface area contributed by atoms with E-state index in [-0.39, 0.29) is 11.6 Å². The molecule has 1 spiro atoms. The van der Waals surface area contributed by atoms with E-state index in [1.165, 1.54) is 19.3 Å². The predicted molar refractivity (Wildman–Crippen MR) is 90.3 cm³/mol. The van der Waals surface area contributed by atoms with E-state index in [9.17, 15) is 4.79 Å². The maximum absolute atomic E-state index is 11.6. The molecule has 3 heterocycles. The third-order valence-corrected chi connectivity index (χ3v) is 5.41. The summed E-state index contributed by atoms with van der Waals surface area (Å²) in [5.74, 6) is 0.602. The fourth-order valence-electron chi connectivity index (χ4n) is 3.88. The van der Waals surface area contributed by atoms with Crippen LogP contribution in [-0.4, -0.2) is 54.9 Å². The molecule has 4 rings (SSSR count). The zero-order valence-corrected chi connectivity index (χ0v) is 14.2. The first-order valence-corrected chi connectivity index (χ1v) is 8.96. The summed E-state index contributed by atoms with van der Waals surface area (Å²) in [6.07, 6.45) is 6.55. The number of carbonyl (C=O) groups is 1. The highest BCUT2D eigenvalue weighted by atomic mass is 16.5. The fourth-order valence-corrected chi connectivity index (χ4v) is 3.88. The first-order chi connectivity index (χ1) is 11.7. The molecule has 1 saturated carbocycles. The van der Waals surface area contributed by atoms with Crippen LogP contribution in [0.1, 0.15) is 43.0 Å². The summed E-state index contributed by atoms with van der Waals surface area (Å²) in [6, 6.07) is 4.67. The van der Waals surface area contributed by atoms with E-state index in [2.05, 4.69) is 15.2 Å². The van der Waals surface area contributed by atoms with Gasteiger partial charge >= 0.3 is 5.97 Å². The minimum atomic E-state index is -0.314. The Bertz CT molecular complexity index is 594. The summed E-state index contributed by atoms with van der Waals surface area (Å²) in [4.78, 5) is 18.3. The molecule has 1 N–H and O–H groups in total. The number of nitrogens with zero attached hydrogens (tertiary/aromatic N) is 2. The van der Waals surface area contributed by atoms with Crippen LogP contribution in [0.15, 0.2) is 18.3 Å². The molecule has 2 aliphatic heterocycles. The Balaban J connectivity index is 1.24. The van der Waals surface area contributed by atoms with Gasteiger partial charge in [-0.2, -0.15) is 0 Å². The molecule has 0 amide bonds. The van der Waals surface area contributed by atoms with Gasteiger partial charge in [0.05, 0.1) is 24.4 Å². The summed E-state index contributed by atoms with van der Waals surface area (Å²) in [6.45, 7) is 4.94. The van der Waals surface area contributed by atoms with Gasteiger partial charge in [0.25, 0.3) is 0 Å². The van der Waals surface area contributed by atoms with Gasteiger partial charge in [-0.1, -0.05) is 0 Å². The molecule has 24 heavy (non-hydrogen) atoms. The maximum Gasteiger partial charge on any atom is 0.339 e. The van der Waals surface area contributed by atoms with Crippen molar-refractivity contribution in [1.29, 1.82) is 0 Å². The molecule has 6 nitrogen and oxygen atoms in total. The minimum absolute atomic E-state index is 0.214. The Morgan fingerprint density at radius 2 is 2.25 bits per heavy atom. The van der Waals surface area contributed by atoms with Crippen LogP contribution in [0.25, 0.3) is 0 Å². The number of carbonyl (C=O) groups excluding carboxylic acids is 1. The lowest BCUT2D eigenvalue weighted by atomic mass is 9.77. The molecule has 3 fully saturated rings. The van der Waals surface area contributed by atoms with Crippen molar-refractivity contribution in [3.8, 4) is 0 Å². The van der Waals surface area contributed by atoms with E-state index in [0.717, 1.165) is 31.9 Å². The van der Waals surface area contributed by atoms with Crippen LogP contribution in [0, 0.1) is 0 Å². The van der Waals surface area contributed by atoms with Crippen LogP contribution < -0.4 is 10.2 Å². The molecule has 0 radical (unpaired) electrons. The van der Waals surface area contributed by atoms with E-state index >= 15 is 0 Å². The third kappa shape index (κ3) is 3.00. The normalized spacial score (nSPS) is 25.4. The van der Waals surface area contributed by atoms with Gasteiger partial charge in [-0.25, -0.2) is 9.78 Å². The first-order valence-electron chi connectivity index (χ1n) is 8.96. The van der Waals surface area contributed by atoms with E-state index in [1.807, 2.05) is 6.07 Å². The number of aromatic nitrogens is 1. The zero-order chi connectivity index (χ0) is 16.6. The monoisotopic (exact) mass is 331 g/mol. The van der Waals surface area contributed by atoms with Crippen LogP contribution in [0.4, 0.5) is 5.82 Å². The number of esters is 1. The molecule has 0 bridgehead atoms. The lowest BCUT2D eigenvalue weighted by Gasteiger charge is -2.42. The van der Waals surface area contributed by atoms with Crippen molar-refractivity contribution in [2.24, 2.45) is 0 Å². The third-order valence-electron chi connectivity index (χ3n) is 5.41. The minimum Gasteiger partial charge on any atom is -0.462 e. The molecule has 1 unspecified atom stereocenters. The van der Waals surface area contributed by atoms with Crippen LogP contribution >= 0.6 is 0 Å². The molecule has 1 aliphatic carbocycles. The van der Waals surface area contributed by atoms with Gasteiger partial charge in [0, 0.05) is 31.4 Å². The Hall–Kier alpha value is -1.66. The summed E-state index contributed by atoms with van der Waals surface area (Å²) >= 11 is 0. The van der Waals surface area contributed by atoms with Crippen LogP contribution in [0.5, 0.6) is 0 Å². The second kappa shape index (κ2) is 6.33. The predicted octanol–water partition coefficient (Wildman–Crippen LogP) is 1.75. The molecular formula is C18H25N3O3. The lowest BCUT2D eigenvalue weighted by Crippen LogP contribution is -2.60. The van der Waals surface area contributed by atoms with Crippen molar-refractivity contribution in [3.63, 3.8) is 0 Å². The number of anilines is 1. The quantitative estimate of drug-likeness (QED) is 0.830. The maximum atomic E-state index is 11.6. The van der Waals surface area contributed by atoms with Crippen molar-refractivity contribution >= 4 is 11.8 Å². The lowest BCUT2D eigenvalue weighted by molar-refractivity contribution is -0.0563. The second-order valence-corrected chi connectivity index (χ2v) is 7.14. The Kier molecular flexibility index (Phi) is 4.18. The van der Waals surface area contributed by atoms with E-state index in [0.29, 0.717) is 24.3 Å². The molecule has 3 aliphatic rings. The molecule has 1 aromatic heterocycles. The Labute approximate surface area is 142 Å². The molecule has 6 heteroatoms. The van der Waals surface area contributed by atoms with Crippen LogP contribution in [-0.2, 0) is 9.47 Å². The van der Waals surface area contributed by atoms with Gasteiger partial charge in [0.15, 0.2) is 0 Å². The summed E-state index contributed by atoms with van der Waals surface area (Å²) in [5, 5.41) is 3.72. The highest BCUT2D eigenvalue weighted by Crippen LogP contribution is 2.43. The number of pyridine rings is 1. The summed E-state index contributed by atoms with van der Waals surface area (Å²) in [5.41, 5.74) is 0.718. The fraction of sp³-hybridized carbons (Fsp3) is 0.667. The molecule has 130 valence electrons. The second-order valence-electron chi connectivity index (χ2n) is 7.14. The number of rotatable bonds is 5. The van der Waals surface area contributed by atoms with Crippen LogP contribution in [0.3, 0.4) is 0 Å². The summed E-state index contributed by atoms with van der Waals surface area (Å²) < 4.78 is 11.0. The van der Waals surface area contributed by atoms with Crippen molar-refractivity contribution in [3.05, 3.63) is 23.9 Å². The van der Waals surface area contributed by atoms with Crippen LogP contribution in [0.2, 0.25) is 0 Å². The van der Waals surface area contributed by atoms with Crippen molar-refractivity contribution in [2.75, 3.05) is 31.2 Å². The molecule has 1 aromatic rings. The van der Waals surface area contributed by atoms with Crippen molar-refractivity contribution < 1.29 is 14.3 Å². The van der Waals surface area contributed by atoms with E-state index in [4.69, 9.17) is 9.47 Å². The number of hydrogen-bond donors (Lipinski definition) is 1. The number of nitrogens with one attached hydrogen (secondary N) is 1. The average Bonchev–Trinajstić information content (AvgIpc) is 2.96. The van der Waals surface area contributed by atoms with E-state index in [1.54, 1.807) is 19.2 Å². The van der Waals surface area contributed by atoms with Gasteiger partial charge in [0.2, 0.25) is 0 Å². The van der Waals surface area contributed by atoms with Crippen molar-refractivity contribution in [2.45, 2.75) is 50.3 Å². The highest BCUT2D eigenvalue weighted by molar-refractivity contribution is 5.89. The molecular weight excluding hydrogens is 306 g/mol. The first kappa shape index (κ1) is 15.8. The summed E-state index contributed by atoms with van der Waals surface area (Å²) in [7, 11) is 0. The van der Waals surface area contributed by atoms with Gasteiger partial charge < -0.3 is 19.7 Å². The Morgan fingerprint density at radius 1 is 1.42 bits per heavy atom. The number of ether oxygens (including phenoxy) is 2. The van der Waals surface area contributed by atoms with Gasteiger partial charge in [-0.3, -0.25) is 0 Å². The zero-order valence-electron chi connectivity index (χ0n) is 14.2. The van der Waals surface area contributed by atoms with Gasteiger partial charge in [-0.15, -0.1) is 0 Å². The molecule has 2 saturated heterocycles. The Morgan fingerprint density at radius 3 is 2.83 bits per heavy atom. The molecule has 0 aromatic carbocycles. The highest BCUT2D eigenvalue weighted by Gasteiger charge is 2.45. The molecule has 1 atom stereocenters. The van der Waals surface area contributed by atoms with E-state index < -0.39 is 0 Å². The van der Waals surface area contributed by atoms with Crippen molar-refractivity contribution in [1.82, 2.24) is 10.3 Å². The SMILES string of the molecule is CCOC(=O)c1ccc(N2CC(NC3COC4(CCC4)C3)C2)nc1. The van der Waals surface area contributed by atoms with Gasteiger partial charge in [0.1, 0.15) is 5.82 Å². The number of hydrogen-bond acceptors (Lipinski definition) is 6. The van der Waals surface area contributed by atoms with Gasteiger partial charge in [-0.05, 0) is 44.7 Å². The smallest absolute Gasteiger partial charge is 0.339 e. The largest absolute Gasteiger partial charge is 0.462 e. The topological polar surface area (TPSA) is 63.7 Å². The standard InChI is InChI=1S/C18H25N3O3/c1-2-23-17(22)13-4-5-16(19-9-13)21-10-15(11-21)20-14-8-18(24-12-14)6-3-7-18/h4-5,9,14-15,20H,2-3,6-8,10-12H2,1H3.